The van der Waals surface area contributed by atoms with E-state index in [2.05, 4.69) is 47.8 Å². The number of fused-ring (bicyclic) bond motifs is 1. The Morgan fingerprint density at radius 3 is 2.81 bits per heavy atom. The number of hydrogen-bond donors (Lipinski definition) is 1. The molecule has 21 heavy (non-hydrogen) atoms. The van der Waals surface area contributed by atoms with Crippen molar-refractivity contribution in [3.05, 3.63) is 60.0 Å². The van der Waals surface area contributed by atoms with Gasteiger partial charge in [0.1, 0.15) is 0 Å². The van der Waals surface area contributed by atoms with E-state index >= 15 is 0 Å². The fraction of sp³-hybridized carbons (Fsp3) is 0.294. The highest BCUT2D eigenvalue weighted by Crippen LogP contribution is 2.20. The first-order chi connectivity index (χ1) is 10.3. The van der Waals surface area contributed by atoms with Crippen molar-refractivity contribution in [3.8, 4) is 0 Å². The molecule has 0 spiro atoms. The highest BCUT2D eigenvalue weighted by molar-refractivity contribution is 5.78. The molecule has 0 aliphatic rings. The Balaban J connectivity index is 1.90. The molecule has 1 unspecified atom stereocenters. The zero-order valence-electron chi connectivity index (χ0n) is 12.5. The molecule has 0 saturated heterocycles. The van der Waals surface area contributed by atoms with Crippen LogP contribution in [0.15, 0.2) is 48.8 Å². The standard InChI is InChI=1S/C17H20N4/c1-3-18-17(10-13-11-19-21(2)12-13)16-9-8-14-6-4-5-7-15(14)20-16/h4-9,11-12,17-18H,3,10H2,1-2H3. The van der Waals surface area contributed by atoms with E-state index in [1.807, 2.05) is 30.1 Å². The van der Waals surface area contributed by atoms with Gasteiger partial charge >= 0.3 is 0 Å². The number of aryl methyl sites for hydroxylation is 1. The topological polar surface area (TPSA) is 42.7 Å². The molecule has 0 aliphatic heterocycles. The zero-order valence-corrected chi connectivity index (χ0v) is 12.5. The van der Waals surface area contributed by atoms with Crippen LogP contribution < -0.4 is 5.32 Å². The molecule has 0 bridgehead atoms. The first-order valence-corrected chi connectivity index (χ1v) is 7.33. The second-order valence-corrected chi connectivity index (χ2v) is 5.27. The van der Waals surface area contributed by atoms with Gasteiger partial charge in [-0.2, -0.15) is 5.10 Å². The van der Waals surface area contributed by atoms with Gasteiger partial charge in [0, 0.05) is 18.6 Å². The number of pyridine rings is 1. The fourth-order valence-electron chi connectivity index (χ4n) is 2.62. The van der Waals surface area contributed by atoms with E-state index in [1.54, 1.807) is 0 Å². The lowest BCUT2D eigenvalue weighted by Crippen LogP contribution is -2.23. The minimum atomic E-state index is 0.212. The van der Waals surface area contributed by atoms with Crippen LogP contribution in [-0.4, -0.2) is 21.3 Å². The maximum atomic E-state index is 4.81. The third-order valence-electron chi connectivity index (χ3n) is 3.63. The first-order valence-electron chi connectivity index (χ1n) is 7.33. The van der Waals surface area contributed by atoms with Gasteiger partial charge in [0.05, 0.1) is 23.4 Å². The van der Waals surface area contributed by atoms with Gasteiger partial charge in [-0.25, -0.2) is 0 Å². The summed E-state index contributed by atoms with van der Waals surface area (Å²) in [6.45, 7) is 3.04. The quantitative estimate of drug-likeness (QED) is 0.781. The molecule has 1 atom stereocenters. The number of benzene rings is 1. The summed E-state index contributed by atoms with van der Waals surface area (Å²) in [5.41, 5.74) is 3.35. The smallest absolute Gasteiger partial charge is 0.0706 e. The maximum absolute atomic E-state index is 4.81. The summed E-state index contributed by atoms with van der Waals surface area (Å²) in [6, 6.07) is 12.7. The molecule has 1 N–H and O–H groups in total. The van der Waals surface area contributed by atoms with Crippen LogP contribution in [0, 0.1) is 0 Å². The monoisotopic (exact) mass is 280 g/mol. The van der Waals surface area contributed by atoms with Crippen molar-refractivity contribution in [2.45, 2.75) is 19.4 Å². The molecule has 2 heterocycles. The molecule has 4 heteroatoms. The van der Waals surface area contributed by atoms with Crippen molar-refractivity contribution < 1.29 is 0 Å². The minimum Gasteiger partial charge on any atom is -0.309 e. The lowest BCUT2D eigenvalue weighted by atomic mass is 10.0. The molecule has 0 saturated carbocycles. The van der Waals surface area contributed by atoms with Gasteiger partial charge < -0.3 is 5.32 Å². The predicted octanol–water partition coefficient (Wildman–Crippen LogP) is 2.86. The lowest BCUT2D eigenvalue weighted by molar-refractivity contribution is 0.538. The van der Waals surface area contributed by atoms with E-state index in [9.17, 15) is 0 Å². The summed E-state index contributed by atoms with van der Waals surface area (Å²) in [5.74, 6) is 0. The van der Waals surface area contributed by atoms with E-state index in [0.29, 0.717) is 0 Å². The Morgan fingerprint density at radius 2 is 2.05 bits per heavy atom. The van der Waals surface area contributed by atoms with Gasteiger partial charge in [-0.3, -0.25) is 9.67 Å². The number of hydrogen-bond acceptors (Lipinski definition) is 3. The highest BCUT2D eigenvalue weighted by atomic mass is 15.2. The summed E-state index contributed by atoms with van der Waals surface area (Å²) in [6.07, 6.45) is 4.88. The second-order valence-electron chi connectivity index (χ2n) is 5.27. The van der Waals surface area contributed by atoms with E-state index < -0.39 is 0 Å². The zero-order chi connectivity index (χ0) is 14.7. The first kappa shape index (κ1) is 13.8. The molecular formula is C17H20N4. The van der Waals surface area contributed by atoms with Crippen LogP contribution in [0.5, 0.6) is 0 Å². The molecule has 2 aromatic heterocycles. The molecule has 4 nitrogen and oxygen atoms in total. The van der Waals surface area contributed by atoms with Crippen molar-refractivity contribution in [2.24, 2.45) is 7.05 Å². The summed E-state index contributed by atoms with van der Waals surface area (Å²) in [7, 11) is 1.94. The average Bonchev–Trinajstić information content (AvgIpc) is 2.91. The summed E-state index contributed by atoms with van der Waals surface area (Å²) in [5, 5.41) is 8.94. The van der Waals surface area contributed by atoms with Crippen LogP contribution in [0.2, 0.25) is 0 Å². The maximum Gasteiger partial charge on any atom is 0.0706 e. The third-order valence-corrected chi connectivity index (χ3v) is 3.63. The number of nitrogens with zero attached hydrogens (tertiary/aromatic N) is 3. The van der Waals surface area contributed by atoms with Crippen molar-refractivity contribution in [2.75, 3.05) is 6.54 Å². The van der Waals surface area contributed by atoms with Gasteiger partial charge in [0.25, 0.3) is 0 Å². The average molecular weight is 280 g/mol. The second kappa shape index (κ2) is 6.06. The van der Waals surface area contributed by atoms with Crippen LogP contribution in [-0.2, 0) is 13.5 Å². The molecule has 3 aromatic rings. The molecule has 3 rings (SSSR count). The van der Waals surface area contributed by atoms with E-state index in [1.165, 1.54) is 10.9 Å². The molecule has 0 fully saturated rings. The molecule has 1 aromatic carbocycles. The van der Waals surface area contributed by atoms with E-state index in [0.717, 1.165) is 24.2 Å². The number of rotatable bonds is 5. The lowest BCUT2D eigenvalue weighted by Gasteiger charge is -2.17. The number of nitrogens with one attached hydrogen (secondary N) is 1. The summed E-state index contributed by atoms with van der Waals surface area (Å²) >= 11 is 0. The number of para-hydroxylation sites is 1. The van der Waals surface area contributed by atoms with E-state index in [-0.39, 0.29) is 6.04 Å². The van der Waals surface area contributed by atoms with Crippen LogP contribution in [0.3, 0.4) is 0 Å². The van der Waals surface area contributed by atoms with Gasteiger partial charge in [0.15, 0.2) is 0 Å². The van der Waals surface area contributed by atoms with Crippen molar-refractivity contribution in [1.29, 1.82) is 0 Å². The Bertz CT molecular complexity index is 732. The molecular weight excluding hydrogens is 260 g/mol. The van der Waals surface area contributed by atoms with Gasteiger partial charge in [-0.05, 0) is 30.7 Å². The van der Waals surface area contributed by atoms with E-state index in [4.69, 9.17) is 4.98 Å². The van der Waals surface area contributed by atoms with Crippen LogP contribution >= 0.6 is 0 Å². The number of aromatic nitrogens is 3. The Hall–Kier alpha value is -2.20. The molecule has 0 aliphatic carbocycles. The van der Waals surface area contributed by atoms with Crippen molar-refractivity contribution in [1.82, 2.24) is 20.1 Å². The Labute approximate surface area is 124 Å². The molecule has 0 radical (unpaired) electrons. The van der Waals surface area contributed by atoms with Crippen molar-refractivity contribution >= 4 is 10.9 Å². The van der Waals surface area contributed by atoms with Crippen LogP contribution in [0.1, 0.15) is 24.2 Å². The number of likely N-dealkylation sites (N-methyl/N-ethyl adjacent to an activating group) is 1. The van der Waals surface area contributed by atoms with Gasteiger partial charge in [-0.1, -0.05) is 31.2 Å². The fourth-order valence-corrected chi connectivity index (χ4v) is 2.62. The van der Waals surface area contributed by atoms with Gasteiger partial charge in [0.2, 0.25) is 0 Å². The molecule has 0 amide bonds. The largest absolute Gasteiger partial charge is 0.309 e. The van der Waals surface area contributed by atoms with Crippen molar-refractivity contribution in [3.63, 3.8) is 0 Å². The Morgan fingerprint density at radius 1 is 1.19 bits per heavy atom. The van der Waals surface area contributed by atoms with Gasteiger partial charge in [-0.15, -0.1) is 0 Å². The summed E-state index contributed by atoms with van der Waals surface area (Å²) < 4.78 is 1.84. The van der Waals surface area contributed by atoms with Crippen LogP contribution in [0.25, 0.3) is 10.9 Å². The normalized spacial score (nSPS) is 12.7. The summed E-state index contributed by atoms with van der Waals surface area (Å²) in [4.78, 5) is 4.81. The highest BCUT2D eigenvalue weighted by Gasteiger charge is 2.14. The molecule has 108 valence electrons. The SMILES string of the molecule is CCNC(Cc1cnn(C)c1)c1ccc2ccccc2n1. The van der Waals surface area contributed by atoms with Crippen LogP contribution in [0.4, 0.5) is 0 Å². The minimum absolute atomic E-state index is 0.212. The Kier molecular flexibility index (Phi) is 3.97. The third kappa shape index (κ3) is 3.11. The predicted molar refractivity (Wildman–Crippen MR) is 85.1 cm³/mol.